The van der Waals surface area contributed by atoms with Crippen molar-refractivity contribution >= 4 is 0 Å². The van der Waals surface area contributed by atoms with Crippen molar-refractivity contribution in [3.8, 4) is 0 Å². The molecule has 2 heteroatoms. The molecule has 2 nitrogen and oxygen atoms in total. The minimum absolute atomic E-state index is 0.158. The lowest BCUT2D eigenvalue weighted by molar-refractivity contribution is -0.0711. The zero-order chi connectivity index (χ0) is 8.43. The highest BCUT2D eigenvalue weighted by Crippen LogP contribution is 2.30. The van der Waals surface area contributed by atoms with Crippen LogP contribution in [0.15, 0.2) is 0 Å². The Bertz CT molecular complexity index is 119. The largest absolute Gasteiger partial charge is 0.374 e. The summed E-state index contributed by atoms with van der Waals surface area (Å²) in [6, 6.07) is 0.158. The molecule has 1 rings (SSSR count). The normalized spacial score (nSPS) is 36.0. The van der Waals surface area contributed by atoms with Crippen molar-refractivity contribution in [3.05, 3.63) is 0 Å². The van der Waals surface area contributed by atoms with E-state index in [1.54, 1.807) is 0 Å². The van der Waals surface area contributed by atoms with E-state index in [2.05, 4.69) is 6.92 Å². The summed E-state index contributed by atoms with van der Waals surface area (Å²) in [5.41, 5.74) is 5.67. The topological polar surface area (TPSA) is 35.2 Å². The van der Waals surface area contributed by atoms with Gasteiger partial charge in [0.1, 0.15) is 0 Å². The molecule has 66 valence electrons. The van der Waals surface area contributed by atoms with Crippen LogP contribution in [0.25, 0.3) is 0 Å². The van der Waals surface area contributed by atoms with Crippen LogP contribution in [0.5, 0.6) is 0 Å². The first kappa shape index (κ1) is 9.01. The second-order valence-corrected chi connectivity index (χ2v) is 3.90. The molecule has 0 aliphatic heterocycles. The molecule has 0 aromatic carbocycles. The average Bonchev–Trinajstić information content (AvgIpc) is 1.84. The Morgan fingerprint density at radius 2 is 1.91 bits per heavy atom. The molecule has 0 spiro atoms. The Hall–Kier alpha value is -0.0800. The van der Waals surface area contributed by atoms with Crippen molar-refractivity contribution in [2.45, 2.75) is 51.9 Å². The van der Waals surface area contributed by atoms with Crippen LogP contribution < -0.4 is 5.73 Å². The molecule has 0 saturated heterocycles. The van der Waals surface area contributed by atoms with E-state index in [0.29, 0.717) is 6.10 Å². The number of nitrogens with two attached hydrogens (primary N) is 1. The van der Waals surface area contributed by atoms with Crippen LogP contribution in [0.3, 0.4) is 0 Å². The van der Waals surface area contributed by atoms with E-state index in [1.807, 2.05) is 13.8 Å². The maximum Gasteiger partial charge on any atom is 0.0698 e. The molecule has 1 aliphatic rings. The first-order valence-electron chi connectivity index (χ1n) is 4.50. The number of rotatable bonds is 3. The molecule has 0 aromatic heterocycles. The van der Waals surface area contributed by atoms with Crippen LogP contribution >= 0.6 is 0 Å². The number of hydrogen-bond acceptors (Lipinski definition) is 2. The zero-order valence-electron chi connectivity index (χ0n) is 7.71. The van der Waals surface area contributed by atoms with Crippen molar-refractivity contribution in [2.24, 2.45) is 11.7 Å². The first-order valence-corrected chi connectivity index (χ1v) is 4.50. The molecule has 1 saturated carbocycles. The third-order valence-electron chi connectivity index (χ3n) is 2.48. The van der Waals surface area contributed by atoms with Crippen LogP contribution in [0, 0.1) is 5.92 Å². The van der Waals surface area contributed by atoms with E-state index in [-0.39, 0.29) is 12.1 Å². The van der Waals surface area contributed by atoms with Crippen molar-refractivity contribution in [2.75, 3.05) is 0 Å². The first-order chi connectivity index (χ1) is 5.09. The Kier molecular flexibility index (Phi) is 2.90. The fraction of sp³-hybridized carbons (Fsp3) is 1.00. The Labute approximate surface area is 69.1 Å². The lowest BCUT2D eigenvalue weighted by atomic mass is 9.84. The second-order valence-electron chi connectivity index (χ2n) is 3.90. The van der Waals surface area contributed by atoms with Crippen molar-refractivity contribution in [1.29, 1.82) is 0 Å². The van der Waals surface area contributed by atoms with Crippen molar-refractivity contribution in [3.63, 3.8) is 0 Å². The van der Waals surface area contributed by atoms with Gasteiger partial charge in [-0.1, -0.05) is 6.92 Å². The maximum absolute atomic E-state index is 5.69. The van der Waals surface area contributed by atoms with Gasteiger partial charge in [-0.05, 0) is 32.6 Å². The van der Waals surface area contributed by atoms with E-state index in [0.717, 1.165) is 5.92 Å². The highest BCUT2D eigenvalue weighted by molar-refractivity contribution is 4.78. The van der Waals surface area contributed by atoms with E-state index in [9.17, 15) is 0 Å². The molecule has 11 heavy (non-hydrogen) atoms. The van der Waals surface area contributed by atoms with E-state index >= 15 is 0 Å². The molecular formula is C9H19NO. The smallest absolute Gasteiger partial charge is 0.0698 e. The molecule has 0 heterocycles. The quantitative estimate of drug-likeness (QED) is 0.674. The highest BCUT2D eigenvalue weighted by atomic mass is 16.5. The predicted octanol–water partition coefficient (Wildman–Crippen LogP) is 1.54. The van der Waals surface area contributed by atoms with Crippen LogP contribution in [0.1, 0.15) is 33.6 Å². The third-order valence-corrected chi connectivity index (χ3v) is 2.48. The van der Waals surface area contributed by atoms with Gasteiger partial charge < -0.3 is 10.5 Å². The summed E-state index contributed by atoms with van der Waals surface area (Å²) in [4.78, 5) is 0. The van der Waals surface area contributed by atoms with Crippen LogP contribution in [0.4, 0.5) is 0 Å². The van der Waals surface area contributed by atoms with E-state index in [1.165, 1.54) is 12.8 Å². The second kappa shape index (κ2) is 3.55. The van der Waals surface area contributed by atoms with Crippen LogP contribution in [-0.2, 0) is 4.74 Å². The lowest BCUT2D eigenvalue weighted by Crippen LogP contribution is -2.39. The highest BCUT2D eigenvalue weighted by Gasteiger charge is 2.28. The summed E-state index contributed by atoms with van der Waals surface area (Å²) in [6.45, 7) is 6.30. The van der Waals surface area contributed by atoms with E-state index in [4.69, 9.17) is 10.5 Å². The number of ether oxygens (including phenoxy) is 1. The average molecular weight is 157 g/mol. The SMILES string of the molecule is CC1CC(OC(C)C(C)N)C1. The molecule has 2 atom stereocenters. The Balaban J connectivity index is 2.11. The number of hydrogen-bond donors (Lipinski definition) is 1. The molecular weight excluding hydrogens is 138 g/mol. The molecule has 0 aromatic rings. The minimum Gasteiger partial charge on any atom is -0.374 e. The summed E-state index contributed by atoms with van der Waals surface area (Å²) in [5.74, 6) is 0.861. The Morgan fingerprint density at radius 3 is 2.27 bits per heavy atom. The summed E-state index contributed by atoms with van der Waals surface area (Å²) < 4.78 is 5.69. The Morgan fingerprint density at radius 1 is 1.36 bits per heavy atom. The molecule has 2 N–H and O–H groups in total. The predicted molar refractivity (Wildman–Crippen MR) is 46.4 cm³/mol. The van der Waals surface area contributed by atoms with Gasteiger partial charge in [0.05, 0.1) is 12.2 Å². The van der Waals surface area contributed by atoms with E-state index < -0.39 is 0 Å². The van der Waals surface area contributed by atoms with Gasteiger partial charge in [0.25, 0.3) is 0 Å². The molecule has 0 radical (unpaired) electrons. The van der Waals surface area contributed by atoms with Gasteiger partial charge in [0.15, 0.2) is 0 Å². The minimum atomic E-state index is 0.158. The third kappa shape index (κ3) is 2.46. The lowest BCUT2D eigenvalue weighted by Gasteiger charge is -2.35. The van der Waals surface area contributed by atoms with Crippen LogP contribution in [0.2, 0.25) is 0 Å². The van der Waals surface area contributed by atoms with Gasteiger partial charge in [0.2, 0.25) is 0 Å². The molecule has 2 unspecified atom stereocenters. The van der Waals surface area contributed by atoms with Gasteiger partial charge in [-0.3, -0.25) is 0 Å². The summed E-state index contributed by atoms with van der Waals surface area (Å²) in [7, 11) is 0. The van der Waals surface area contributed by atoms with Gasteiger partial charge in [-0.25, -0.2) is 0 Å². The standard InChI is InChI=1S/C9H19NO/c1-6-4-9(5-6)11-8(3)7(2)10/h6-9H,4-5,10H2,1-3H3. The summed E-state index contributed by atoms with van der Waals surface area (Å²) in [6.07, 6.45) is 3.15. The van der Waals surface area contributed by atoms with Gasteiger partial charge in [-0.2, -0.15) is 0 Å². The molecule has 0 bridgehead atoms. The fourth-order valence-electron chi connectivity index (χ4n) is 1.37. The monoisotopic (exact) mass is 157 g/mol. The molecule has 1 fully saturated rings. The maximum atomic E-state index is 5.69. The molecule has 0 amide bonds. The van der Waals surface area contributed by atoms with Gasteiger partial charge >= 0.3 is 0 Å². The van der Waals surface area contributed by atoms with Crippen molar-refractivity contribution < 1.29 is 4.74 Å². The fourth-order valence-corrected chi connectivity index (χ4v) is 1.37. The molecule has 1 aliphatic carbocycles. The summed E-state index contributed by atoms with van der Waals surface area (Å²) >= 11 is 0. The van der Waals surface area contributed by atoms with Crippen LogP contribution in [-0.4, -0.2) is 18.2 Å². The van der Waals surface area contributed by atoms with Gasteiger partial charge in [-0.15, -0.1) is 0 Å². The van der Waals surface area contributed by atoms with Gasteiger partial charge in [0, 0.05) is 6.04 Å². The summed E-state index contributed by atoms with van der Waals surface area (Å²) in [5, 5.41) is 0. The zero-order valence-corrected chi connectivity index (χ0v) is 7.71. The van der Waals surface area contributed by atoms with Crippen molar-refractivity contribution in [1.82, 2.24) is 0 Å².